The van der Waals surface area contributed by atoms with Crippen LogP contribution >= 0.6 is 0 Å². The van der Waals surface area contributed by atoms with Gasteiger partial charge in [-0.3, -0.25) is 14.9 Å². The lowest BCUT2D eigenvalue weighted by Crippen LogP contribution is -2.32. The van der Waals surface area contributed by atoms with E-state index in [9.17, 15) is 14.9 Å². The molecule has 0 saturated carbocycles. The van der Waals surface area contributed by atoms with Gasteiger partial charge in [-0.25, -0.2) is 0 Å². The molecule has 0 bridgehead atoms. The van der Waals surface area contributed by atoms with Crippen LogP contribution in [-0.4, -0.2) is 45.1 Å². The lowest BCUT2D eigenvalue weighted by molar-refractivity contribution is -0.384. The van der Waals surface area contributed by atoms with Gasteiger partial charge in [0.15, 0.2) is 0 Å². The number of nitrogens with zero attached hydrogens (tertiary/aromatic N) is 4. The van der Waals surface area contributed by atoms with Crippen LogP contribution in [0.15, 0.2) is 42.6 Å². The van der Waals surface area contributed by atoms with E-state index in [0.29, 0.717) is 19.0 Å². The lowest BCUT2D eigenvalue weighted by Gasteiger charge is -2.16. The first kappa shape index (κ1) is 15.9. The van der Waals surface area contributed by atoms with Crippen molar-refractivity contribution in [2.75, 3.05) is 13.1 Å². The second-order valence-electron chi connectivity index (χ2n) is 5.53. The van der Waals surface area contributed by atoms with Crippen LogP contribution in [0, 0.1) is 10.1 Å². The van der Waals surface area contributed by atoms with E-state index in [2.05, 4.69) is 10.2 Å². The summed E-state index contributed by atoms with van der Waals surface area (Å²) in [6, 6.07) is 9.52. The van der Waals surface area contributed by atoms with Crippen molar-refractivity contribution in [3.05, 3.63) is 58.3 Å². The molecule has 124 valence electrons. The Morgan fingerprint density at radius 2 is 2.12 bits per heavy atom. The summed E-state index contributed by atoms with van der Waals surface area (Å²) in [5.74, 6) is 0.432. The van der Waals surface area contributed by atoms with Gasteiger partial charge in [-0.2, -0.15) is 5.10 Å². The van der Waals surface area contributed by atoms with E-state index >= 15 is 0 Å². The molecule has 3 rings (SSSR count). The van der Waals surface area contributed by atoms with Gasteiger partial charge in [0.25, 0.3) is 5.69 Å². The van der Waals surface area contributed by atoms with E-state index in [1.54, 1.807) is 35.4 Å². The molecule has 1 aliphatic heterocycles. The third kappa shape index (κ3) is 3.83. The van der Waals surface area contributed by atoms with Gasteiger partial charge in [0.2, 0.25) is 11.8 Å². The SMILES string of the molecule is O=C(Cc1ccc([N+](=O)[O-])cc1)N1CCC(Oc2cccnn2)C1. The van der Waals surface area contributed by atoms with E-state index < -0.39 is 4.92 Å². The van der Waals surface area contributed by atoms with Crippen molar-refractivity contribution in [1.29, 1.82) is 0 Å². The number of amides is 1. The Labute approximate surface area is 138 Å². The van der Waals surface area contributed by atoms with E-state index in [1.165, 1.54) is 12.1 Å². The Hall–Kier alpha value is -3.03. The number of nitro benzene ring substituents is 1. The lowest BCUT2D eigenvalue weighted by atomic mass is 10.1. The summed E-state index contributed by atoms with van der Waals surface area (Å²) < 4.78 is 5.71. The van der Waals surface area contributed by atoms with Gasteiger partial charge in [-0.05, 0) is 11.6 Å². The zero-order valence-electron chi connectivity index (χ0n) is 12.9. The average Bonchev–Trinajstić information content (AvgIpc) is 3.05. The number of carbonyl (C=O) groups excluding carboxylic acids is 1. The number of likely N-dealkylation sites (tertiary alicyclic amines) is 1. The first-order valence-corrected chi connectivity index (χ1v) is 7.57. The molecule has 8 heteroatoms. The van der Waals surface area contributed by atoms with Gasteiger partial charge in [-0.15, -0.1) is 5.10 Å². The zero-order valence-corrected chi connectivity index (χ0v) is 12.9. The molecular weight excluding hydrogens is 312 g/mol. The van der Waals surface area contributed by atoms with Gasteiger partial charge in [0, 0.05) is 37.4 Å². The van der Waals surface area contributed by atoms with Gasteiger partial charge in [0.1, 0.15) is 6.10 Å². The monoisotopic (exact) mass is 328 g/mol. The molecule has 1 amide bonds. The van der Waals surface area contributed by atoms with Gasteiger partial charge in [-0.1, -0.05) is 12.1 Å². The highest BCUT2D eigenvalue weighted by atomic mass is 16.6. The molecule has 1 unspecified atom stereocenters. The molecule has 0 spiro atoms. The molecule has 1 aliphatic rings. The Morgan fingerprint density at radius 3 is 2.79 bits per heavy atom. The maximum absolute atomic E-state index is 12.3. The van der Waals surface area contributed by atoms with Crippen molar-refractivity contribution in [2.45, 2.75) is 18.9 Å². The van der Waals surface area contributed by atoms with Gasteiger partial charge < -0.3 is 9.64 Å². The molecule has 0 aliphatic carbocycles. The Kier molecular flexibility index (Phi) is 4.64. The molecule has 2 aromatic rings. The van der Waals surface area contributed by atoms with Crippen LogP contribution in [-0.2, 0) is 11.2 Å². The molecule has 1 saturated heterocycles. The van der Waals surface area contributed by atoms with Crippen molar-refractivity contribution < 1.29 is 14.5 Å². The van der Waals surface area contributed by atoms with Crippen molar-refractivity contribution in [3.8, 4) is 5.88 Å². The molecule has 1 aromatic heterocycles. The predicted molar refractivity (Wildman–Crippen MR) is 84.4 cm³/mol. The highest BCUT2D eigenvalue weighted by molar-refractivity contribution is 5.79. The Bertz CT molecular complexity index is 721. The van der Waals surface area contributed by atoms with E-state index in [4.69, 9.17) is 4.74 Å². The van der Waals surface area contributed by atoms with Crippen LogP contribution in [0.4, 0.5) is 5.69 Å². The van der Waals surface area contributed by atoms with Gasteiger partial charge >= 0.3 is 0 Å². The molecule has 2 heterocycles. The molecule has 8 nitrogen and oxygen atoms in total. The number of non-ortho nitro benzene ring substituents is 1. The third-order valence-corrected chi connectivity index (χ3v) is 3.84. The fraction of sp³-hybridized carbons (Fsp3) is 0.312. The van der Waals surface area contributed by atoms with Crippen LogP contribution < -0.4 is 4.74 Å². The minimum Gasteiger partial charge on any atom is -0.471 e. The smallest absolute Gasteiger partial charge is 0.269 e. The minimum atomic E-state index is -0.458. The number of hydrogen-bond acceptors (Lipinski definition) is 6. The van der Waals surface area contributed by atoms with Crippen molar-refractivity contribution in [3.63, 3.8) is 0 Å². The molecule has 0 radical (unpaired) electrons. The van der Waals surface area contributed by atoms with Crippen LogP contribution in [0.1, 0.15) is 12.0 Å². The number of benzene rings is 1. The molecule has 0 N–H and O–H groups in total. The highest BCUT2D eigenvalue weighted by Crippen LogP contribution is 2.18. The summed E-state index contributed by atoms with van der Waals surface area (Å²) in [6.45, 7) is 1.12. The van der Waals surface area contributed by atoms with E-state index in [-0.39, 0.29) is 24.1 Å². The number of hydrogen-bond donors (Lipinski definition) is 0. The first-order chi connectivity index (χ1) is 11.6. The fourth-order valence-electron chi connectivity index (χ4n) is 2.59. The Morgan fingerprint density at radius 1 is 1.33 bits per heavy atom. The van der Waals surface area contributed by atoms with Crippen LogP contribution in [0.2, 0.25) is 0 Å². The summed E-state index contributed by atoms with van der Waals surface area (Å²) in [7, 11) is 0. The van der Waals surface area contributed by atoms with Gasteiger partial charge in [0.05, 0.1) is 17.9 Å². The maximum Gasteiger partial charge on any atom is 0.269 e. The fourth-order valence-corrected chi connectivity index (χ4v) is 2.59. The van der Waals surface area contributed by atoms with Crippen molar-refractivity contribution >= 4 is 11.6 Å². The molecule has 1 fully saturated rings. The summed E-state index contributed by atoms with van der Waals surface area (Å²) >= 11 is 0. The second kappa shape index (κ2) is 7.03. The van der Waals surface area contributed by atoms with Crippen LogP contribution in [0.25, 0.3) is 0 Å². The van der Waals surface area contributed by atoms with Crippen molar-refractivity contribution in [2.24, 2.45) is 0 Å². The molecule has 24 heavy (non-hydrogen) atoms. The van der Waals surface area contributed by atoms with Crippen molar-refractivity contribution in [1.82, 2.24) is 15.1 Å². The van der Waals surface area contributed by atoms with E-state index in [1.807, 2.05) is 0 Å². The van der Waals surface area contributed by atoms with Crippen LogP contribution in [0.5, 0.6) is 5.88 Å². The topological polar surface area (TPSA) is 98.5 Å². The number of aromatic nitrogens is 2. The number of nitro groups is 1. The summed E-state index contributed by atoms with van der Waals surface area (Å²) in [6.07, 6.45) is 2.43. The minimum absolute atomic E-state index is 0.0183. The average molecular weight is 328 g/mol. The quantitative estimate of drug-likeness (QED) is 0.611. The standard InChI is InChI=1S/C16H16N4O4/c21-16(10-12-3-5-13(6-4-12)20(22)23)19-9-7-14(11-19)24-15-2-1-8-17-18-15/h1-6,8,14H,7,9-11H2. The highest BCUT2D eigenvalue weighted by Gasteiger charge is 2.27. The van der Waals surface area contributed by atoms with E-state index in [0.717, 1.165) is 12.0 Å². The maximum atomic E-state index is 12.3. The summed E-state index contributed by atoms with van der Waals surface area (Å²) in [5.41, 5.74) is 0.772. The molecular formula is C16H16N4O4. The number of carbonyl (C=O) groups is 1. The summed E-state index contributed by atoms with van der Waals surface area (Å²) in [5, 5.41) is 18.3. The van der Waals surface area contributed by atoms with Crippen LogP contribution in [0.3, 0.4) is 0 Å². The molecule has 1 aromatic carbocycles. The normalized spacial score (nSPS) is 16.8. The summed E-state index contributed by atoms with van der Waals surface area (Å²) in [4.78, 5) is 24.3. The third-order valence-electron chi connectivity index (χ3n) is 3.84. The first-order valence-electron chi connectivity index (χ1n) is 7.57. The number of rotatable bonds is 5. The predicted octanol–water partition coefficient (Wildman–Crippen LogP) is 1.61. The number of ether oxygens (including phenoxy) is 1. The Balaban J connectivity index is 1.53. The second-order valence-corrected chi connectivity index (χ2v) is 5.53. The molecule has 1 atom stereocenters. The zero-order chi connectivity index (χ0) is 16.9. The largest absolute Gasteiger partial charge is 0.471 e.